The van der Waals surface area contributed by atoms with Crippen molar-refractivity contribution in [1.29, 1.82) is 0 Å². The molecule has 0 aromatic heterocycles. The van der Waals surface area contributed by atoms with Crippen LogP contribution in [0.4, 0.5) is 0 Å². The number of primary sulfonamides is 1. The van der Waals surface area contributed by atoms with Crippen molar-refractivity contribution in [1.82, 2.24) is 5.32 Å². The van der Waals surface area contributed by atoms with Crippen molar-refractivity contribution in [2.45, 2.75) is 37.5 Å². The predicted molar refractivity (Wildman–Crippen MR) is 82.0 cm³/mol. The van der Waals surface area contributed by atoms with Crippen LogP contribution in [-0.4, -0.2) is 20.9 Å². The van der Waals surface area contributed by atoms with Crippen LogP contribution in [0.3, 0.4) is 0 Å². The van der Waals surface area contributed by atoms with Crippen LogP contribution in [-0.2, 0) is 10.0 Å². The van der Waals surface area contributed by atoms with E-state index in [2.05, 4.69) is 28.2 Å². The van der Waals surface area contributed by atoms with E-state index in [1.165, 1.54) is 12.1 Å². The highest BCUT2D eigenvalue weighted by atomic mass is 79.9. The van der Waals surface area contributed by atoms with Gasteiger partial charge in [-0.3, -0.25) is 4.79 Å². The number of rotatable bonds is 7. The maximum Gasteiger partial charge on any atom is 0.251 e. The molecule has 1 amide bonds. The molecule has 1 rings (SSSR count). The molecule has 0 fully saturated rings. The summed E-state index contributed by atoms with van der Waals surface area (Å²) in [6.07, 6.45) is 4.26. The Morgan fingerprint density at radius 2 is 2.00 bits per heavy atom. The molecule has 0 bridgehead atoms. The van der Waals surface area contributed by atoms with Crippen LogP contribution in [0.15, 0.2) is 27.6 Å². The number of carbonyl (C=O) groups excluding carboxylic acids is 1. The summed E-state index contributed by atoms with van der Waals surface area (Å²) in [5.74, 6) is -0.293. The number of benzene rings is 1. The Morgan fingerprint density at radius 1 is 1.30 bits per heavy atom. The van der Waals surface area contributed by atoms with E-state index >= 15 is 0 Å². The third kappa shape index (κ3) is 5.22. The Labute approximate surface area is 128 Å². The monoisotopic (exact) mass is 362 g/mol. The topological polar surface area (TPSA) is 89.3 Å². The van der Waals surface area contributed by atoms with Crippen LogP contribution in [0.25, 0.3) is 0 Å². The first kappa shape index (κ1) is 17.1. The number of hydrogen-bond acceptors (Lipinski definition) is 3. The van der Waals surface area contributed by atoms with Crippen molar-refractivity contribution >= 4 is 31.9 Å². The Bertz CT molecular complexity index is 573. The zero-order chi connectivity index (χ0) is 15.2. The van der Waals surface area contributed by atoms with E-state index in [4.69, 9.17) is 5.14 Å². The maximum atomic E-state index is 11.9. The molecule has 5 nitrogen and oxygen atoms in total. The Kier molecular flexibility index (Phi) is 6.64. The second-order valence-corrected chi connectivity index (χ2v) is 6.89. The quantitative estimate of drug-likeness (QED) is 0.729. The van der Waals surface area contributed by atoms with E-state index in [-0.39, 0.29) is 16.4 Å². The maximum absolute atomic E-state index is 11.9. The molecule has 3 N–H and O–H groups in total. The van der Waals surface area contributed by atoms with Gasteiger partial charge in [-0.1, -0.05) is 26.2 Å². The average molecular weight is 363 g/mol. The van der Waals surface area contributed by atoms with Crippen molar-refractivity contribution in [3.05, 3.63) is 28.2 Å². The van der Waals surface area contributed by atoms with Crippen LogP contribution in [0, 0.1) is 0 Å². The minimum atomic E-state index is -3.85. The Hall–Kier alpha value is -0.920. The van der Waals surface area contributed by atoms with Gasteiger partial charge in [0, 0.05) is 16.6 Å². The number of unbranched alkanes of at least 4 members (excludes halogenated alkanes) is 3. The minimum Gasteiger partial charge on any atom is -0.352 e. The molecule has 1 aromatic rings. The van der Waals surface area contributed by atoms with Crippen LogP contribution in [0.1, 0.15) is 43.0 Å². The Balaban J connectivity index is 2.70. The molecule has 0 aliphatic heterocycles. The van der Waals surface area contributed by atoms with Crippen LogP contribution in [0.5, 0.6) is 0 Å². The van der Waals surface area contributed by atoms with Crippen molar-refractivity contribution in [3.8, 4) is 0 Å². The summed E-state index contributed by atoms with van der Waals surface area (Å²) in [5, 5.41) is 7.86. The number of sulfonamides is 1. The van der Waals surface area contributed by atoms with Gasteiger partial charge < -0.3 is 5.32 Å². The highest BCUT2D eigenvalue weighted by Crippen LogP contribution is 2.22. The summed E-state index contributed by atoms with van der Waals surface area (Å²) >= 11 is 3.11. The van der Waals surface area contributed by atoms with Crippen LogP contribution >= 0.6 is 15.9 Å². The van der Waals surface area contributed by atoms with Crippen molar-refractivity contribution in [3.63, 3.8) is 0 Å². The zero-order valence-electron chi connectivity index (χ0n) is 11.4. The second kappa shape index (κ2) is 7.75. The molecule has 1 aromatic carbocycles. The van der Waals surface area contributed by atoms with Crippen LogP contribution < -0.4 is 10.5 Å². The lowest BCUT2D eigenvalue weighted by Crippen LogP contribution is -2.25. The average Bonchev–Trinajstić information content (AvgIpc) is 2.37. The number of hydrogen-bond donors (Lipinski definition) is 2. The molecule has 0 spiro atoms. The van der Waals surface area contributed by atoms with Gasteiger partial charge in [-0.05, 0) is 40.5 Å². The molecular formula is C13H19BrN2O3S. The molecule has 0 saturated heterocycles. The van der Waals surface area contributed by atoms with Gasteiger partial charge in [0.2, 0.25) is 10.0 Å². The van der Waals surface area contributed by atoms with Gasteiger partial charge in [-0.2, -0.15) is 0 Å². The number of carbonyl (C=O) groups is 1. The minimum absolute atomic E-state index is 0.0869. The normalized spacial score (nSPS) is 11.3. The molecule has 0 saturated carbocycles. The van der Waals surface area contributed by atoms with Crippen molar-refractivity contribution in [2.75, 3.05) is 6.54 Å². The largest absolute Gasteiger partial charge is 0.352 e. The fourth-order valence-corrected chi connectivity index (χ4v) is 3.27. The highest BCUT2D eigenvalue weighted by molar-refractivity contribution is 9.10. The van der Waals surface area contributed by atoms with E-state index in [1.54, 1.807) is 6.07 Å². The number of amides is 1. The van der Waals surface area contributed by atoms with E-state index < -0.39 is 10.0 Å². The molecule has 7 heteroatoms. The lowest BCUT2D eigenvalue weighted by atomic mass is 10.2. The third-order valence-electron chi connectivity index (χ3n) is 2.82. The summed E-state index contributed by atoms with van der Waals surface area (Å²) in [6, 6.07) is 4.34. The van der Waals surface area contributed by atoms with Gasteiger partial charge in [-0.15, -0.1) is 0 Å². The van der Waals surface area contributed by atoms with Gasteiger partial charge in [-0.25, -0.2) is 13.6 Å². The van der Waals surface area contributed by atoms with E-state index in [1.807, 2.05) is 0 Å². The van der Waals surface area contributed by atoms with E-state index in [9.17, 15) is 13.2 Å². The molecule has 112 valence electrons. The molecule has 0 unspecified atom stereocenters. The van der Waals surface area contributed by atoms with E-state index in [0.29, 0.717) is 11.0 Å². The predicted octanol–water partition coefficient (Wildman–Crippen LogP) is 2.41. The first-order valence-corrected chi connectivity index (χ1v) is 8.80. The highest BCUT2D eigenvalue weighted by Gasteiger charge is 2.15. The summed E-state index contributed by atoms with van der Waals surface area (Å²) in [6.45, 7) is 2.70. The van der Waals surface area contributed by atoms with Gasteiger partial charge >= 0.3 is 0 Å². The number of nitrogens with two attached hydrogens (primary N) is 1. The fourth-order valence-electron chi connectivity index (χ4n) is 1.72. The lowest BCUT2D eigenvalue weighted by molar-refractivity contribution is 0.0952. The summed E-state index contributed by atoms with van der Waals surface area (Å²) < 4.78 is 23.1. The van der Waals surface area contributed by atoms with Crippen LogP contribution in [0.2, 0.25) is 0 Å². The smallest absolute Gasteiger partial charge is 0.251 e. The molecule has 0 heterocycles. The first-order chi connectivity index (χ1) is 9.36. The van der Waals surface area contributed by atoms with Crippen molar-refractivity contribution in [2.24, 2.45) is 5.14 Å². The summed E-state index contributed by atoms with van der Waals surface area (Å²) in [5.41, 5.74) is 0.285. The molecule has 20 heavy (non-hydrogen) atoms. The van der Waals surface area contributed by atoms with Crippen molar-refractivity contribution < 1.29 is 13.2 Å². The summed E-state index contributed by atoms with van der Waals surface area (Å²) in [4.78, 5) is 11.8. The van der Waals surface area contributed by atoms with Gasteiger partial charge in [0.25, 0.3) is 5.91 Å². The van der Waals surface area contributed by atoms with Gasteiger partial charge in [0.05, 0.1) is 4.90 Å². The number of halogens is 1. The fraction of sp³-hybridized carbons (Fsp3) is 0.462. The molecular weight excluding hydrogens is 344 g/mol. The molecule has 0 atom stereocenters. The molecule has 0 aliphatic rings. The first-order valence-electron chi connectivity index (χ1n) is 6.46. The lowest BCUT2D eigenvalue weighted by Gasteiger charge is -2.07. The molecule has 0 radical (unpaired) electrons. The van der Waals surface area contributed by atoms with E-state index in [0.717, 1.165) is 25.7 Å². The Morgan fingerprint density at radius 3 is 2.60 bits per heavy atom. The van der Waals surface area contributed by atoms with Gasteiger partial charge in [0.1, 0.15) is 0 Å². The van der Waals surface area contributed by atoms with Gasteiger partial charge in [0.15, 0.2) is 0 Å². The SMILES string of the molecule is CCCCCCNC(=O)c1ccc(Br)c(S(N)(=O)=O)c1. The standard InChI is InChI=1S/C13H19BrN2O3S/c1-2-3-4-5-8-16-13(17)10-6-7-11(14)12(9-10)20(15,18)19/h6-7,9H,2-5,8H2,1H3,(H,16,17)(H2,15,18,19). The molecule has 0 aliphatic carbocycles. The second-order valence-electron chi connectivity index (χ2n) is 4.51. The summed E-state index contributed by atoms with van der Waals surface area (Å²) in [7, 11) is -3.85. The zero-order valence-corrected chi connectivity index (χ0v) is 13.8. The third-order valence-corrected chi connectivity index (χ3v) is 4.72. The number of nitrogens with one attached hydrogen (secondary N) is 1.